The summed E-state index contributed by atoms with van der Waals surface area (Å²) in [6, 6.07) is 4.03. The molecule has 0 aliphatic rings. The molecule has 0 bridgehead atoms. The van der Waals surface area contributed by atoms with E-state index in [-0.39, 0.29) is 11.5 Å². The van der Waals surface area contributed by atoms with Gasteiger partial charge in [0, 0.05) is 18.0 Å². The van der Waals surface area contributed by atoms with E-state index >= 15 is 0 Å². The summed E-state index contributed by atoms with van der Waals surface area (Å²) in [5.74, 6) is 0.201. The standard InChI is InChI=1S/C13H18N4O2S/c1-2-7-17-11(14)10(12(18)16-13(17)19)15-6-5-9-4-3-8-20-9/h3-4,8,15H,2,5-7,14H2,1H3,(H,16,18,19). The molecule has 7 heteroatoms. The summed E-state index contributed by atoms with van der Waals surface area (Å²) in [5, 5.41) is 5.04. The van der Waals surface area contributed by atoms with E-state index in [2.05, 4.69) is 10.3 Å². The fourth-order valence-corrected chi connectivity index (χ4v) is 2.68. The monoisotopic (exact) mass is 294 g/mol. The maximum atomic E-state index is 11.8. The molecule has 0 saturated heterocycles. The predicted octanol–water partition coefficient (Wildman–Crippen LogP) is 1.24. The largest absolute Gasteiger partial charge is 0.383 e. The van der Waals surface area contributed by atoms with Gasteiger partial charge >= 0.3 is 5.69 Å². The minimum atomic E-state index is -0.467. The first-order valence-corrected chi connectivity index (χ1v) is 7.40. The van der Waals surface area contributed by atoms with Gasteiger partial charge in [-0.1, -0.05) is 13.0 Å². The Morgan fingerprint density at radius 3 is 2.90 bits per heavy atom. The van der Waals surface area contributed by atoms with E-state index < -0.39 is 11.2 Å². The molecule has 0 radical (unpaired) electrons. The molecule has 20 heavy (non-hydrogen) atoms. The molecule has 0 saturated carbocycles. The van der Waals surface area contributed by atoms with Gasteiger partial charge in [-0.3, -0.25) is 14.3 Å². The Hall–Kier alpha value is -2.02. The molecular weight excluding hydrogens is 276 g/mol. The summed E-state index contributed by atoms with van der Waals surface area (Å²) >= 11 is 1.67. The van der Waals surface area contributed by atoms with Crippen LogP contribution in [0.15, 0.2) is 27.1 Å². The quantitative estimate of drug-likeness (QED) is 0.747. The third-order valence-electron chi connectivity index (χ3n) is 2.94. The van der Waals surface area contributed by atoms with Crippen molar-refractivity contribution in [3.63, 3.8) is 0 Å². The van der Waals surface area contributed by atoms with E-state index in [0.717, 1.165) is 12.8 Å². The van der Waals surface area contributed by atoms with Gasteiger partial charge in [-0.25, -0.2) is 4.79 Å². The molecule has 0 aromatic carbocycles. The van der Waals surface area contributed by atoms with Crippen LogP contribution in [0.2, 0.25) is 0 Å². The van der Waals surface area contributed by atoms with Gasteiger partial charge in [0.2, 0.25) is 0 Å². The second-order valence-corrected chi connectivity index (χ2v) is 5.46. The number of nitrogens with one attached hydrogen (secondary N) is 2. The van der Waals surface area contributed by atoms with Crippen molar-refractivity contribution in [2.45, 2.75) is 26.3 Å². The maximum absolute atomic E-state index is 11.8. The molecule has 0 atom stereocenters. The zero-order valence-corrected chi connectivity index (χ0v) is 12.1. The third kappa shape index (κ3) is 3.11. The van der Waals surface area contributed by atoms with Gasteiger partial charge in [0.1, 0.15) is 11.5 Å². The molecule has 0 spiro atoms. The lowest BCUT2D eigenvalue weighted by Crippen LogP contribution is -2.34. The highest BCUT2D eigenvalue weighted by Gasteiger charge is 2.11. The van der Waals surface area contributed by atoms with Crippen LogP contribution >= 0.6 is 11.3 Å². The molecule has 2 aromatic rings. The smallest absolute Gasteiger partial charge is 0.330 e. The number of hydrogen-bond acceptors (Lipinski definition) is 5. The van der Waals surface area contributed by atoms with Crippen LogP contribution in [0.5, 0.6) is 0 Å². The fourth-order valence-electron chi connectivity index (χ4n) is 1.97. The lowest BCUT2D eigenvalue weighted by atomic mass is 10.3. The van der Waals surface area contributed by atoms with E-state index in [9.17, 15) is 9.59 Å². The first-order valence-electron chi connectivity index (χ1n) is 6.52. The number of nitrogens with two attached hydrogens (primary N) is 1. The maximum Gasteiger partial charge on any atom is 0.330 e. The lowest BCUT2D eigenvalue weighted by Gasteiger charge is -2.12. The summed E-state index contributed by atoms with van der Waals surface area (Å²) < 4.78 is 1.38. The number of hydrogen-bond donors (Lipinski definition) is 3. The number of H-pyrrole nitrogens is 1. The van der Waals surface area contributed by atoms with Gasteiger partial charge in [0.15, 0.2) is 0 Å². The highest BCUT2D eigenvalue weighted by atomic mass is 32.1. The highest BCUT2D eigenvalue weighted by molar-refractivity contribution is 7.09. The zero-order chi connectivity index (χ0) is 14.5. The van der Waals surface area contributed by atoms with E-state index in [0.29, 0.717) is 13.1 Å². The number of anilines is 2. The van der Waals surface area contributed by atoms with Crippen molar-refractivity contribution in [2.75, 3.05) is 17.6 Å². The average molecular weight is 294 g/mol. The normalized spacial score (nSPS) is 10.7. The second kappa shape index (κ2) is 6.42. The summed E-state index contributed by atoms with van der Waals surface area (Å²) in [7, 11) is 0. The number of nitrogens with zero attached hydrogens (tertiary/aromatic N) is 1. The van der Waals surface area contributed by atoms with Crippen molar-refractivity contribution in [1.29, 1.82) is 0 Å². The summed E-state index contributed by atoms with van der Waals surface area (Å²) in [4.78, 5) is 27.0. The second-order valence-electron chi connectivity index (χ2n) is 4.43. The Morgan fingerprint density at radius 2 is 2.25 bits per heavy atom. The number of aromatic nitrogens is 2. The number of thiophene rings is 1. The van der Waals surface area contributed by atoms with Gasteiger partial charge in [0.05, 0.1) is 0 Å². The van der Waals surface area contributed by atoms with Crippen molar-refractivity contribution < 1.29 is 0 Å². The van der Waals surface area contributed by atoms with Crippen LogP contribution in [0.1, 0.15) is 18.2 Å². The summed E-state index contributed by atoms with van der Waals surface area (Å²) in [5.41, 5.74) is 5.26. The Labute approximate surface area is 120 Å². The Balaban J connectivity index is 2.16. The zero-order valence-electron chi connectivity index (χ0n) is 11.3. The first-order chi connectivity index (χ1) is 9.63. The first kappa shape index (κ1) is 14.4. The molecule has 0 amide bonds. The molecule has 4 N–H and O–H groups in total. The van der Waals surface area contributed by atoms with E-state index in [1.165, 1.54) is 9.44 Å². The van der Waals surface area contributed by atoms with E-state index in [4.69, 9.17) is 5.73 Å². The minimum Gasteiger partial charge on any atom is -0.383 e. The van der Waals surface area contributed by atoms with Crippen LogP contribution in [0, 0.1) is 0 Å². The van der Waals surface area contributed by atoms with Gasteiger partial charge in [-0.2, -0.15) is 0 Å². The van der Waals surface area contributed by atoms with Crippen molar-refractivity contribution >= 4 is 22.8 Å². The van der Waals surface area contributed by atoms with Crippen molar-refractivity contribution in [2.24, 2.45) is 0 Å². The Bertz CT molecular complexity index is 673. The van der Waals surface area contributed by atoms with Crippen LogP contribution in [-0.2, 0) is 13.0 Å². The Kier molecular flexibility index (Phi) is 4.62. The molecule has 0 aliphatic carbocycles. The van der Waals surface area contributed by atoms with Crippen LogP contribution < -0.4 is 22.3 Å². The van der Waals surface area contributed by atoms with Crippen LogP contribution in [-0.4, -0.2) is 16.1 Å². The van der Waals surface area contributed by atoms with Gasteiger partial charge in [-0.15, -0.1) is 11.3 Å². The van der Waals surface area contributed by atoms with Crippen molar-refractivity contribution in [3.8, 4) is 0 Å². The molecule has 0 fully saturated rings. The molecule has 2 rings (SSSR count). The number of aromatic amines is 1. The van der Waals surface area contributed by atoms with Crippen LogP contribution in [0.3, 0.4) is 0 Å². The third-order valence-corrected chi connectivity index (χ3v) is 3.88. The van der Waals surface area contributed by atoms with Crippen LogP contribution in [0.25, 0.3) is 0 Å². The molecule has 108 valence electrons. The summed E-state index contributed by atoms with van der Waals surface area (Å²) in [6.07, 6.45) is 1.58. The van der Waals surface area contributed by atoms with Crippen molar-refractivity contribution in [3.05, 3.63) is 43.2 Å². The topological polar surface area (TPSA) is 92.9 Å². The van der Waals surface area contributed by atoms with Crippen molar-refractivity contribution in [1.82, 2.24) is 9.55 Å². The number of rotatable bonds is 6. The van der Waals surface area contributed by atoms with Crippen LogP contribution in [0.4, 0.5) is 11.5 Å². The molecule has 0 unspecified atom stereocenters. The lowest BCUT2D eigenvalue weighted by molar-refractivity contribution is 0.642. The molecule has 6 nitrogen and oxygen atoms in total. The molecular formula is C13H18N4O2S. The average Bonchev–Trinajstić information content (AvgIpc) is 2.91. The predicted molar refractivity (Wildman–Crippen MR) is 82.5 cm³/mol. The highest BCUT2D eigenvalue weighted by Crippen LogP contribution is 2.12. The summed E-state index contributed by atoms with van der Waals surface area (Å²) in [6.45, 7) is 3.03. The molecule has 2 heterocycles. The minimum absolute atomic E-state index is 0.201. The molecule has 0 aliphatic heterocycles. The fraction of sp³-hybridized carbons (Fsp3) is 0.385. The van der Waals surface area contributed by atoms with Gasteiger partial charge in [-0.05, 0) is 24.3 Å². The van der Waals surface area contributed by atoms with Gasteiger partial charge in [0.25, 0.3) is 5.56 Å². The van der Waals surface area contributed by atoms with E-state index in [1.807, 2.05) is 24.4 Å². The SMILES string of the molecule is CCCn1c(N)c(NCCc2cccs2)c(=O)[nH]c1=O. The molecule has 2 aromatic heterocycles. The Morgan fingerprint density at radius 1 is 1.45 bits per heavy atom. The van der Waals surface area contributed by atoms with E-state index in [1.54, 1.807) is 11.3 Å². The van der Waals surface area contributed by atoms with Gasteiger partial charge < -0.3 is 11.1 Å². The number of nitrogen functional groups attached to an aromatic ring is 1.